The van der Waals surface area contributed by atoms with Crippen molar-refractivity contribution in [1.82, 2.24) is 4.86 Å². The molecule has 0 unspecified atom stereocenters. The Kier molecular flexibility index (Phi) is 7.96. The molecule has 1 N–H and O–H groups in total. The minimum Gasteiger partial charge on any atom is -0.424 e. The largest absolute Gasteiger partial charge is 0.424 e. The Morgan fingerprint density at radius 1 is 0.571 bits per heavy atom. The first-order valence-electron chi connectivity index (χ1n) is 11.3. The number of rotatable bonds is 8. The fraction of sp³-hybridized carbons (Fsp3) is 0.143. The average molecular weight is 538 g/mol. The van der Waals surface area contributed by atoms with Crippen molar-refractivity contribution < 1.29 is 9.05 Å². The molecular weight excluding hydrogens is 508 g/mol. The predicted octanol–water partition coefficient (Wildman–Crippen LogP) is 7.24. The van der Waals surface area contributed by atoms with E-state index in [4.69, 9.17) is 32.7 Å². The van der Waals surface area contributed by atoms with Crippen LogP contribution in [-0.2, 0) is 23.6 Å². The van der Waals surface area contributed by atoms with Gasteiger partial charge < -0.3 is 9.05 Å². The number of hydrogen-bond acceptors (Lipinski definition) is 4. The third-order valence-corrected chi connectivity index (χ3v) is 13.8. The Morgan fingerprint density at radius 3 is 1.34 bits per heavy atom. The van der Waals surface area contributed by atoms with Gasteiger partial charge in [-0.05, 0) is 51.0 Å². The van der Waals surface area contributed by atoms with Crippen LogP contribution in [-0.4, -0.2) is 0 Å². The van der Waals surface area contributed by atoms with Crippen LogP contribution < -0.4 is 24.5 Å². The maximum atomic E-state index is 6.57. The van der Waals surface area contributed by atoms with Crippen molar-refractivity contribution in [3.63, 3.8) is 0 Å². The molecule has 0 spiro atoms. The molecule has 7 heteroatoms. The van der Waals surface area contributed by atoms with Crippen molar-refractivity contribution in [2.24, 2.45) is 0 Å². The maximum Gasteiger partial charge on any atom is 0.369 e. The summed E-state index contributed by atoms with van der Waals surface area (Å²) in [4.78, 5) is 3.63. The second-order valence-electron chi connectivity index (χ2n) is 8.60. The number of benzene rings is 4. The topological polar surface area (TPSA) is 30.5 Å². The minimum absolute atomic E-state index is 0.693. The second kappa shape index (κ2) is 10.8. The van der Waals surface area contributed by atoms with Gasteiger partial charge in [0.05, 0.1) is 6.19 Å². The van der Waals surface area contributed by atoms with Crippen LogP contribution in [0.15, 0.2) is 97.1 Å². The molecule has 4 rings (SSSR count). The third kappa shape index (κ3) is 6.12. The van der Waals surface area contributed by atoms with Crippen LogP contribution >= 0.6 is 12.8 Å². The van der Waals surface area contributed by atoms with Crippen LogP contribution in [0.1, 0.15) is 22.3 Å². The monoisotopic (exact) mass is 537 g/mol. The molecule has 4 aromatic carbocycles. The SMILES string of the molecule is Cc1ccc(OP(=S)(NP(=S)(c2ccccc2)c2ccccc2)Oc2ccc(C)cc2C)c(C)c1. The van der Waals surface area contributed by atoms with E-state index >= 15 is 0 Å². The number of hydrogen-bond donors (Lipinski definition) is 1. The van der Waals surface area contributed by atoms with Crippen LogP contribution in [0.5, 0.6) is 11.5 Å². The molecule has 0 atom stereocenters. The molecule has 180 valence electrons. The summed E-state index contributed by atoms with van der Waals surface area (Å²) < 4.78 is 13.1. The van der Waals surface area contributed by atoms with E-state index in [9.17, 15) is 0 Å². The molecule has 0 aliphatic heterocycles. The zero-order valence-electron chi connectivity index (χ0n) is 20.3. The van der Waals surface area contributed by atoms with Gasteiger partial charge in [0, 0.05) is 22.4 Å². The Hall–Kier alpha value is -2.26. The van der Waals surface area contributed by atoms with Gasteiger partial charge >= 0.3 is 6.64 Å². The Balaban J connectivity index is 1.84. The van der Waals surface area contributed by atoms with Crippen molar-refractivity contribution in [2.75, 3.05) is 0 Å². The molecule has 0 aliphatic rings. The second-order valence-corrected chi connectivity index (χ2v) is 16.1. The summed E-state index contributed by atoms with van der Waals surface area (Å²) in [6.07, 6.45) is -2.59. The third-order valence-electron chi connectivity index (χ3n) is 5.60. The molecule has 0 saturated carbocycles. The molecule has 3 nitrogen and oxygen atoms in total. The van der Waals surface area contributed by atoms with Crippen molar-refractivity contribution in [2.45, 2.75) is 27.7 Å². The molecule has 35 heavy (non-hydrogen) atoms. The van der Waals surface area contributed by atoms with Crippen LogP contribution in [0.4, 0.5) is 0 Å². The van der Waals surface area contributed by atoms with Gasteiger partial charge in [-0.2, -0.15) is 4.86 Å². The predicted molar refractivity (Wildman–Crippen MR) is 157 cm³/mol. The standard InChI is InChI=1S/C28H29NO2P2S2/c1-21-15-17-27(23(3)19-21)30-33(35,31-28-18-16-22(2)20-24(28)4)29-32(34,25-11-7-5-8-12-25)26-13-9-6-10-14-26/h5-20H,1-4H3,(H,29,34,35). The van der Waals surface area contributed by atoms with Gasteiger partial charge in [0.25, 0.3) is 0 Å². The summed E-state index contributed by atoms with van der Waals surface area (Å²) in [6.45, 7) is 4.98. The van der Waals surface area contributed by atoms with Gasteiger partial charge in [0.1, 0.15) is 11.5 Å². The normalized spacial score (nSPS) is 11.8. The Labute approximate surface area is 218 Å². The van der Waals surface area contributed by atoms with E-state index in [0.29, 0.717) is 11.5 Å². The maximum absolute atomic E-state index is 6.57. The van der Waals surface area contributed by atoms with E-state index in [1.54, 1.807) is 0 Å². The fourth-order valence-electron chi connectivity index (χ4n) is 3.83. The molecule has 0 heterocycles. The molecule has 0 bridgehead atoms. The number of aryl methyl sites for hydroxylation is 4. The first-order chi connectivity index (χ1) is 16.7. The summed E-state index contributed by atoms with van der Waals surface area (Å²) in [6, 6.07) is 32.3. The van der Waals surface area contributed by atoms with Gasteiger partial charge in [-0.15, -0.1) is 0 Å². The van der Waals surface area contributed by atoms with E-state index in [2.05, 4.69) is 55.1 Å². The van der Waals surface area contributed by atoms with Crippen LogP contribution in [0.25, 0.3) is 0 Å². The quantitative estimate of drug-likeness (QED) is 0.240. The highest BCUT2D eigenvalue weighted by Crippen LogP contribution is 2.56. The highest BCUT2D eigenvalue weighted by atomic mass is 32.5. The Bertz CT molecular complexity index is 1320. The van der Waals surface area contributed by atoms with Crippen molar-refractivity contribution in [1.29, 1.82) is 0 Å². The molecule has 0 aliphatic carbocycles. The van der Waals surface area contributed by atoms with Crippen LogP contribution in [0.2, 0.25) is 0 Å². The smallest absolute Gasteiger partial charge is 0.369 e. The first kappa shape index (κ1) is 25.8. The van der Waals surface area contributed by atoms with Crippen LogP contribution in [0.3, 0.4) is 0 Å². The molecule has 0 amide bonds. The van der Waals surface area contributed by atoms with E-state index < -0.39 is 12.8 Å². The van der Waals surface area contributed by atoms with Gasteiger partial charge in [0.2, 0.25) is 0 Å². The zero-order chi connectivity index (χ0) is 25.1. The molecule has 0 aromatic heterocycles. The minimum atomic E-state index is -3.17. The van der Waals surface area contributed by atoms with E-state index in [1.807, 2.05) is 74.5 Å². The van der Waals surface area contributed by atoms with Crippen LogP contribution in [0, 0.1) is 27.7 Å². The van der Waals surface area contributed by atoms with Gasteiger partial charge in [-0.25, -0.2) is 0 Å². The van der Waals surface area contributed by atoms with E-state index in [0.717, 1.165) is 32.9 Å². The zero-order valence-corrected chi connectivity index (χ0v) is 23.7. The molecule has 0 radical (unpaired) electrons. The lowest BCUT2D eigenvalue weighted by molar-refractivity contribution is 0.479. The summed E-state index contributed by atoms with van der Waals surface area (Å²) in [5.74, 6) is 1.39. The average Bonchev–Trinajstić information content (AvgIpc) is 2.84. The molecule has 4 aromatic rings. The first-order valence-corrected chi connectivity index (χ1v) is 16.8. The molecule has 0 saturated heterocycles. The molecular formula is C28H29NO2P2S2. The lowest BCUT2D eigenvalue weighted by Gasteiger charge is -2.32. The summed E-state index contributed by atoms with van der Waals surface area (Å²) in [5, 5.41) is 2.01. The highest BCUT2D eigenvalue weighted by Gasteiger charge is 2.34. The Morgan fingerprint density at radius 2 is 0.971 bits per heavy atom. The van der Waals surface area contributed by atoms with Crippen molar-refractivity contribution in [3.05, 3.63) is 119 Å². The summed E-state index contributed by atoms with van der Waals surface area (Å²) >= 11 is 12.6. The van der Waals surface area contributed by atoms with Gasteiger partial charge in [-0.1, -0.05) is 108 Å². The van der Waals surface area contributed by atoms with Gasteiger partial charge in [0.15, 0.2) is 0 Å². The van der Waals surface area contributed by atoms with E-state index in [-0.39, 0.29) is 0 Å². The summed E-state index contributed by atoms with van der Waals surface area (Å²) in [7, 11) is 0. The van der Waals surface area contributed by atoms with Crippen molar-refractivity contribution >= 4 is 47.1 Å². The van der Waals surface area contributed by atoms with E-state index in [1.165, 1.54) is 0 Å². The van der Waals surface area contributed by atoms with Crippen molar-refractivity contribution in [3.8, 4) is 11.5 Å². The lowest BCUT2D eigenvalue weighted by Crippen LogP contribution is -2.28. The number of nitrogens with one attached hydrogen (secondary N) is 1. The highest BCUT2D eigenvalue weighted by molar-refractivity contribution is 8.25. The lowest BCUT2D eigenvalue weighted by atomic mass is 10.1. The fourth-order valence-corrected chi connectivity index (χ4v) is 12.7. The van der Waals surface area contributed by atoms with Gasteiger partial charge in [-0.3, -0.25) is 0 Å². The molecule has 0 fully saturated rings. The summed E-state index contributed by atoms with van der Waals surface area (Å²) in [5.41, 5.74) is 4.31.